The van der Waals surface area contributed by atoms with Crippen LogP contribution in [-0.2, 0) is 0 Å². The minimum absolute atomic E-state index is 0.131. The SMILES string of the molecule is COc1ccc(Nc2cc(C(=O)N[C@@H](C)c3ccccc3)c3ccccc3n2)c(OC)c1. The summed E-state index contributed by atoms with van der Waals surface area (Å²) in [4.78, 5) is 17.9. The van der Waals surface area contributed by atoms with Crippen LogP contribution in [0.4, 0.5) is 11.5 Å². The van der Waals surface area contributed by atoms with E-state index in [2.05, 4.69) is 10.6 Å². The highest BCUT2D eigenvalue weighted by molar-refractivity contribution is 6.07. The average molecular weight is 428 g/mol. The molecule has 4 rings (SSSR count). The Morgan fingerprint density at radius 1 is 0.906 bits per heavy atom. The minimum atomic E-state index is -0.162. The zero-order chi connectivity index (χ0) is 22.5. The molecule has 1 aromatic heterocycles. The summed E-state index contributed by atoms with van der Waals surface area (Å²) in [5.41, 5.74) is 3.04. The lowest BCUT2D eigenvalue weighted by molar-refractivity contribution is 0.0941. The van der Waals surface area contributed by atoms with Crippen LogP contribution in [0.2, 0.25) is 0 Å². The fourth-order valence-electron chi connectivity index (χ4n) is 3.57. The Balaban J connectivity index is 1.68. The largest absolute Gasteiger partial charge is 0.497 e. The van der Waals surface area contributed by atoms with Crippen molar-refractivity contribution in [3.8, 4) is 11.5 Å². The molecule has 0 bridgehead atoms. The van der Waals surface area contributed by atoms with Gasteiger partial charge >= 0.3 is 0 Å². The average Bonchev–Trinajstić information content (AvgIpc) is 2.84. The minimum Gasteiger partial charge on any atom is -0.497 e. The zero-order valence-electron chi connectivity index (χ0n) is 18.3. The predicted octanol–water partition coefficient (Wildman–Crippen LogP) is 5.49. The number of nitrogens with zero attached hydrogens (tertiary/aromatic N) is 1. The second-order valence-electron chi connectivity index (χ2n) is 7.37. The van der Waals surface area contributed by atoms with Crippen LogP contribution in [0.3, 0.4) is 0 Å². The number of benzene rings is 3. The maximum atomic E-state index is 13.2. The van der Waals surface area contributed by atoms with Crippen LogP contribution in [-0.4, -0.2) is 25.1 Å². The quantitative estimate of drug-likeness (QED) is 0.408. The molecule has 1 amide bonds. The number of anilines is 2. The number of pyridine rings is 1. The second kappa shape index (κ2) is 9.39. The Bertz CT molecular complexity index is 1240. The second-order valence-corrected chi connectivity index (χ2v) is 7.37. The molecule has 3 aromatic carbocycles. The van der Waals surface area contributed by atoms with Crippen LogP contribution in [0.1, 0.15) is 28.9 Å². The van der Waals surface area contributed by atoms with Crippen molar-refractivity contribution >= 4 is 28.3 Å². The van der Waals surface area contributed by atoms with Crippen LogP contribution < -0.4 is 20.1 Å². The Morgan fingerprint density at radius 2 is 1.66 bits per heavy atom. The van der Waals surface area contributed by atoms with Gasteiger partial charge in [0.05, 0.1) is 37.0 Å². The molecule has 0 radical (unpaired) electrons. The third-order valence-corrected chi connectivity index (χ3v) is 5.28. The molecule has 0 saturated carbocycles. The molecular weight excluding hydrogens is 402 g/mol. The first-order valence-electron chi connectivity index (χ1n) is 10.3. The van der Waals surface area contributed by atoms with Crippen molar-refractivity contribution in [2.45, 2.75) is 13.0 Å². The van der Waals surface area contributed by atoms with Gasteiger partial charge in [-0.15, -0.1) is 0 Å². The highest BCUT2D eigenvalue weighted by atomic mass is 16.5. The summed E-state index contributed by atoms with van der Waals surface area (Å²) in [7, 11) is 3.20. The lowest BCUT2D eigenvalue weighted by Gasteiger charge is -2.17. The maximum Gasteiger partial charge on any atom is 0.252 e. The van der Waals surface area contributed by atoms with E-state index in [1.807, 2.05) is 73.7 Å². The number of ether oxygens (including phenoxy) is 2. The van der Waals surface area contributed by atoms with Crippen LogP contribution >= 0.6 is 0 Å². The molecule has 2 N–H and O–H groups in total. The lowest BCUT2D eigenvalue weighted by Crippen LogP contribution is -2.27. The normalized spacial score (nSPS) is 11.6. The number of nitrogens with one attached hydrogen (secondary N) is 2. The van der Waals surface area contributed by atoms with Gasteiger partial charge in [0.1, 0.15) is 17.3 Å². The summed E-state index contributed by atoms with van der Waals surface area (Å²) < 4.78 is 10.7. The van der Waals surface area contributed by atoms with Gasteiger partial charge in [-0.05, 0) is 36.8 Å². The van der Waals surface area contributed by atoms with Crippen molar-refractivity contribution in [1.82, 2.24) is 10.3 Å². The molecule has 0 aliphatic carbocycles. The van der Waals surface area contributed by atoms with Crippen molar-refractivity contribution in [1.29, 1.82) is 0 Å². The van der Waals surface area contributed by atoms with Gasteiger partial charge in [0.25, 0.3) is 5.91 Å². The molecule has 0 aliphatic heterocycles. The van der Waals surface area contributed by atoms with Gasteiger partial charge in [-0.1, -0.05) is 48.5 Å². The van der Waals surface area contributed by atoms with Crippen molar-refractivity contribution < 1.29 is 14.3 Å². The van der Waals surface area contributed by atoms with Gasteiger partial charge in [-0.2, -0.15) is 0 Å². The summed E-state index contributed by atoms with van der Waals surface area (Å²) in [5, 5.41) is 7.16. The highest BCUT2D eigenvalue weighted by Crippen LogP contribution is 2.32. The fraction of sp³-hybridized carbons (Fsp3) is 0.154. The van der Waals surface area contributed by atoms with Crippen LogP contribution in [0, 0.1) is 0 Å². The van der Waals surface area contributed by atoms with Gasteiger partial charge in [0.15, 0.2) is 0 Å². The van der Waals surface area contributed by atoms with Gasteiger partial charge in [0, 0.05) is 11.5 Å². The molecule has 6 heteroatoms. The maximum absolute atomic E-state index is 13.2. The van der Waals surface area contributed by atoms with Gasteiger partial charge in [-0.25, -0.2) is 4.98 Å². The van der Waals surface area contributed by atoms with Gasteiger partial charge in [0.2, 0.25) is 0 Å². The van der Waals surface area contributed by atoms with Crippen LogP contribution in [0.15, 0.2) is 78.9 Å². The molecule has 1 heterocycles. The Hall–Kier alpha value is -4.06. The number of hydrogen-bond donors (Lipinski definition) is 2. The molecule has 162 valence electrons. The smallest absolute Gasteiger partial charge is 0.252 e. The topological polar surface area (TPSA) is 72.5 Å². The highest BCUT2D eigenvalue weighted by Gasteiger charge is 2.17. The van der Waals surface area contributed by atoms with E-state index >= 15 is 0 Å². The van der Waals surface area contributed by atoms with E-state index < -0.39 is 0 Å². The standard InChI is InChI=1S/C26H25N3O3/c1-17(18-9-5-4-6-10-18)27-26(30)21-16-25(28-22-12-8-7-11-20(21)22)29-23-14-13-19(31-2)15-24(23)32-3/h4-17H,1-3H3,(H,27,30)(H,28,29)/t17-/m0/s1. The fourth-order valence-corrected chi connectivity index (χ4v) is 3.57. The number of aromatic nitrogens is 1. The monoisotopic (exact) mass is 427 g/mol. The zero-order valence-corrected chi connectivity index (χ0v) is 18.3. The third-order valence-electron chi connectivity index (χ3n) is 5.28. The third kappa shape index (κ3) is 4.49. The molecule has 0 unspecified atom stereocenters. The molecule has 0 aliphatic rings. The van der Waals surface area contributed by atoms with Crippen LogP contribution in [0.25, 0.3) is 10.9 Å². The summed E-state index contributed by atoms with van der Waals surface area (Å²) in [6.45, 7) is 1.97. The molecule has 4 aromatic rings. The van der Waals surface area contributed by atoms with Crippen molar-refractivity contribution in [3.05, 3.63) is 90.0 Å². The van der Waals surface area contributed by atoms with E-state index in [0.29, 0.717) is 22.9 Å². The first-order chi connectivity index (χ1) is 15.6. The number of carbonyl (C=O) groups is 1. The molecular formula is C26H25N3O3. The predicted molar refractivity (Wildman–Crippen MR) is 127 cm³/mol. The van der Waals surface area contributed by atoms with E-state index in [0.717, 1.165) is 22.2 Å². The van der Waals surface area contributed by atoms with Crippen molar-refractivity contribution in [2.75, 3.05) is 19.5 Å². The summed E-state index contributed by atoms with van der Waals surface area (Å²) in [6.07, 6.45) is 0. The number of carbonyl (C=O) groups excluding carboxylic acids is 1. The van der Waals surface area contributed by atoms with Crippen molar-refractivity contribution in [2.24, 2.45) is 0 Å². The van der Waals surface area contributed by atoms with E-state index in [1.165, 1.54) is 0 Å². The Labute approximate surface area is 187 Å². The number of para-hydroxylation sites is 1. The summed E-state index contributed by atoms with van der Waals surface area (Å²) in [5.74, 6) is 1.69. The van der Waals surface area contributed by atoms with Crippen LogP contribution in [0.5, 0.6) is 11.5 Å². The molecule has 0 fully saturated rings. The van der Waals surface area contributed by atoms with E-state index in [4.69, 9.17) is 14.5 Å². The summed E-state index contributed by atoms with van der Waals surface area (Å²) in [6, 6.07) is 24.6. The van der Waals surface area contributed by atoms with E-state index in [-0.39, 0.29) is 11.9 Å². The molecule has 6 nitrogen and oxygen atoms in total. The number of methoxy groups -OCH3 is 2. The molecule has 1 atom stereocenters. The number of fused-ring (bicyclic) bond motifs is 1. The first-order valence-corrected chi connectivity index (χ1v) is 10.3. The number of amides is 1. The number of hydrogen-bond acceptors (Lipinski definition) is 5. The van der Waals surface area contributed by atoms with E-state index in [9.17, 15) is 4.79 Å². The first kappa shape index (κ1) is 21.2. The molecule has 32 heavy (non-hydrogen) atoms. The number of rotatable bonds is 7. The lowest BCUT2D eigenvalue weighted by atomic mass is 10.1. The summed E-state index contributed by atoms with van der Waals surface area (Å²) >= 11 is 0. The molecule has 0 saturated heterocycles. The van der Waals surface area contributed by atoms with E-state index in [1.54, 1.807) is 26.4 Å². The Kier molecular flexibility index (Phi) is 6.22. The van der Waals surface area contributed by atoms with Gasteiger partial charge in [-0.3, -0.25) is 4.79 Å². The van der Waals surface area contributed by atoms with Crippen molar-refractivity contribution in [3.63, 3.8) is 0 Å². The van der Waals surface area contributed by atoms with Gasteiger partial charge < -0.3 is 20.1 Å². The molecule has 0 spiro atoms. The Morgan fingerprint density at radius 3 is 2.41 bits per heavy atom.